The van der Waals surface area contributed by atoms with Crippen molar-refractivity contribution in [3.8, 4) is 16.9 Å². The third-order valence-corrected chi connectivity index (χ3v) is 12.2. The summed E-state index contributed by atoms with van der Waals surface area (Å²) in [6, 6.07) is 38.9. The number of anilines is 1. The van der Waals surface area contributed by atoms with Gasteiger partial charge in [0.05, 0.1) is 0 Å². The van der Waals surface area contributed by atoms with Gasteiger partial charge in [0.15, 0.2) is 0 Å². The van der Waals surface area contributed by atoms with Gasteiger partial charge in [-0.05, 0) is 138 Å². The first-order valence-electron chi connectivity index (χ1n) is 19.0. The molecule has 0 saturated carbocycles. The van der Waals surface area contributed by atoms with Crippen LogP contribution < -0.4 is 9.84 Å². The number of benzene rings is 6. The van der Waals surface area contributed by atoms with E-state index in [4.69, 9.17) is 12.9 Å². The number of fused-ring (bicyclic) bond motifs is 9. The Kier molecular flexibility index (Phi) is 8.22. The number of hydrogen-bond acceptors (Lipinski definition) is 5. The molecule has 2 heterocycles. The van der Waals surface area contributed by atoms with Gasteiger partial charge in [-0.25, -0.2) is 4.98 Å². The lowest BCUT2D eigenvalue weighted by atomic mass is 9.84. The van der Waals surface area contributed by atoms with Crippen molar-refractivity contribution in [1.82, 2.24) is 4.98 Å². The number of aromatic nitrogens is 1. The van der Waals surface area contributed by atoms with Gasteiger partial charge >= 0.3 is 8.24 Å². The Morgan fingerprint density at radius 3 is 1.87 bits per heavy atom. The molecule has 266 valence electrons. The number of hydrogen-bond donors (Lipinski definition) is 1. The summed E-state index contributed by atoms with van der Waals surface area (Å²) >= 11 is 0. The Labute approximate surface area is 314 Å². The summed E-state index contributed by atoms with van der Waals surface area (Å²) in [5.41, 5.74) is 10.8. The number of carbonyl (C=O) groups excluding carboxylic acids is 1. The number of aryl methyl sites for hydroxylation is 5. The van der Waals surface area contributed by atoms with E-state index in [0.717, 1.165) is 75.2 Å². The maximum absolute atomic E-state index is 13.8. The van der Waals surface area contributed by atoms with Crippen molar-refractivity contribution >= 4 is 63.3 Å². The fourth-order valence-electron chi connectivity index (χ4n) is 8.70. The van der Waals surface area contributed by atoms with Gasteiger partial charge in [-0.1, -0.05) is 78.9 Å². The van der Waals surface area contributed by atoms with E-state index < -0.39 is 8.24 Å². The quantitative estimate of drug-likeness (QED) is 0.191. The maximum atomic E-state index is 13.8. The van der Waals surface area contributed by atoms with Crippen LogP contribution in [0, 0.1) is 6.92 Å². The second-order valence-corrected chi connectivity index (χ2v) is 15.5. The molecule has 0 bridgehead atoms. The van der Waals surface area contributed by atoms with Crippen LogP contribution in [-0.2, 0) is 25.7 Å². The van der Waals surface area contributed by atoms with Crippen LogP contribution in [0.3, 0.4) is 0 Å². The van der Waals surface area contributed by atoms with E-state index >= 15 is 0 Å². The molecule has 10 rings (SSSR count). The first-order valence-corrected chi connectivity index (χ1v) is 20.1. The van der Waals surface area contributed by atoms with E-state index in [0.29, 0.717) is 17.1 Å². The average Bonchev–Trinajstić information content (AvgIpc) is 3.37. The zero-order valence-corrected chi connectivity index (χ0v) is 31.0. The summed E-state index contributed by atoms with van der Waals surface area (Å²) in [6.45, 7) is 1.89. The van der Waals surface area contributed by atoms with Crippen LogP contribution in [0.5, 0.6) is 5.75 Å². The van der Waals surface area contributed by atoms with Crippen molar-refractivity contribution in [3.05, 3.63) is 149 Å². The molecule has 6 nitrogen and oxygen atoms in total. The monoisotopic (exact) mass is 726 g/mol. The smallest absolute Gasteiger partial charge is 0.390 e. The van der Waals surface area contributed by atoms with Gasteiger partial charge in [-0.2, -0.15) is 0 Å². The van der Waals surface area contributed by atoms with Gasteiger partial charge in [0.2, 0.25) is 0 Å². The molecule has 8 aromatic rings. The molecule has 1 amide bonds. The zero-order valence-electron chi connectivity index (χ0n) is 30.2. The van der Waals surface area contributed by atoms with Gasteiger partial charge < -0.3 is 18.2 Å². The minimum absolute atomic E-state index is 0.280. The van der Waals surface area contributed by atoms with Gasteiger partial charge in [-0.3, -0.25) is 4.79 Å². The third-order valence-electron chi connectivity index (χ3n) is 11.2. The highest BCUT2D eigenvalue weighted by atomic mass is 31.1. The molecule has 2 aromatic heterocycles. The molecule has 0 unspecified atom stereocenters. The topological polar surface area (TPSA) is 77.5 Å². The SMILES string of the molecule is Cc1cccc(C(=O)Nc2ccc3ccccc3c2-c2c(Op3oc4ccc5c(c4c4c6c(ccc4o3)CCCC6)CCCC5)ccc3ccccc23)n1. The molecular weight excluding hydrogens is 688 g/mol. The molecule has 2 aliphatic rings. The van der Waals surface area contributed by atoms with Crippen LogP contribution >= 0.6 is 8.24 Å². The average molecular weight is 727 g/mol. The minimum atomic E-state index is -1.94. The number of amides is 1. The van der Waals surface area contributed by atoms with Gasteiger partial charge in [0.25, 0.3) is 5.91 Å². The summed E-state index contributed by atoms with van der Waals surface area (Å²) in [7, 11) is -1.94. The Balaban J connectivity index is 1.21. The number of pyridine rings is 1. The third kappa shape index (κ3) is 5.73. The van der Waals surface area contributed by atoms with Crippen LogP contribution in [-0.4, -0.2) is 10.9 Å². The second kappa shape index (κ2) is 13.5. The van der Waals surface area contributed by atoms with Crippen LogP contribution in [0.15, 0.2) is 124 Å². The first kappa shape index (κ1) is 32.8. The van der Waals surface area contributed by atoms with Crippen molar-refractivity contribution in [2.75, 3.05) is 5.32 Å². The number of rotatable bonds is 5. The van der Waals surface area contributed by atoms with E-state index in [9.17, 15) is 4.79 Å². The van der Waals surface area contributed by atoms with Crippen molar-refractivity contribution in [2.45, 2.75) is 58.3 Å². The van der Waals surface area contributed by atoms with E-state index in [1.165, 1.54) is 58.7 Å². The molecule has 0 spiro atoms. The predicted molar refractivity (Wildman–Crippen MR) is 219 cm³/mol. The fourth-order valence-corrected chi connectivity index (χ4v) is 9.75. The molecule has 0 radical (unpaired) electrons. The van der Waals surface area contributed by atoms with Crippen molar-refractivity contribution in [2.24, 2.45) is 0 Å². The molecule has 0 aliphatic heterocycles. The highest BCUT2D eigenvalue weighted by Gasteiger charge is 2.24. The molecule has 0 saturated heterocycles. The lowest BCUT2D eigenvalue weighted by Crippen LogP contribution is -2.14. The maximum Gasteiger partial charge on any atom is 0.453 e. The highest BCUT2D eigenvalue weighted by molar-refractivity contribution is 7.32. The van der Waals surface area contributed by atoms with Crippen molar-refractivity contribution in [1.29, 1.82) is 0 Å². The lowest BCUT2D eigenvalue weighted by molar-refractivity contribution is 0.102. The normalized spacial score (nSPS) is 13.9. The molecule has 0 atom stereocenters. The Morgan fingerprint density at radius 1 is 0.630 bits per heavy atom. The molecule has 54 heavy (non-hydrogen) atoms. The molecule has 0 fully saturated rings. The van der Waals surface area contributed by atoms with Gasteiger partial charge in [-0.15, -0.1) is 0 Å². The first-order chi connectivity index (χ1) is 26.6. The molecule has 6 aromatic carbocycles. The highest BCUT2D eigenvalue weighted by Crippen LogP contribution is 2.49. The summed E-state index contributed by atoms with van der Waals surface area (Å²) in [5, 5.41) is 9.67. The summed E-state index contributed by atoms with van der Waals surface area (Å²) < 4.78 is 20.8. The molecule has 2 aliphatic carbocycles. The molecule has 7 heteroatoms. The summed E-state index contributed by atoms with van der Waals surface area (Å²) in [6.07, 6.45) is 9.00. The minimum Gasteiger partial charge on any atom is -0.390 e. The fraction of sp³-hybridized carbons (Fsp3) is 0.191. The Hall–Kier alpha value is -5.84. The van der Waals surface area contributed by atoms with Crippen molar-refractivity contribution < 1.29 is 17.7 Å². The summed E-state index contributed by atoms with van der Waals surface area (Å²) in [5.74, 6) is 0.332. The van der Waals surface area contributed by atoms with Crippen LogP contribution in [0.2, 0.25) is 0 Å². The largest absolute Gasteiger partial charge is 0.453 e. The lowest BCUT2D eigenvalue weighted by Gasteiger charge is -2.20. The van der Waals surface area contributed by atoms with Crippen molar-refractivity contribution in [3.63, 3.8) is 0 Å². The van der Waals surface area contributed by atoms with E-state index in [-0.39, 0.29) is 5.91 Å². The standard InChI is InChI=1S/C47H39N2O4P/c1-29-11-10-20-39(48-29)47(50)49-38-25-21-30-12-2-6-16-34(30)43(38)44-35-17-7-3-13-31(35)22-26-40(44)51-54-52-41-27-23-32-14-4-8-18-36(32)45(41)46-37-19-9-5-15-33(37)24-28-42(46)53-54/h2-3,6-7,10-13,16-17,20-28H,4-5,8-9,14-15,18-19H2,1H3,(H,49,50). The summed E-state index contributed by atoms with van der Waals surface area (Å²) in [4.78, 5) is 18.3. The van der Waals surface area contributed by atoms with E-state index in [1.807, 2.05) is 61.5 Å². The number of carbonyl (C=O) groups is 1. The Bertz CT molecular complexity index is 2760. The van der Waals surface area contributed by atoms with Crippen LogP contribution in [0.25, 0.3) is 54.6 Å². The Morgan fingerprint density at radius 2 is 1.22 bits per heavy atom. The number of nitrogens with one attached hydrogen (secondary N) is 1. The van der Waals surface area contributed by atoms with E-state index in [2.05, 4.69) is 64.9 Å². The molecular formula is C47H39N2O4P. The molecule has 1 N–H and O–H groups in total. The predicted octanol–water partition coefficient (Wildman–Crippen LogP) is 12.8. The van der Waals surface area contributed by atoms with Gasteiger partial charge in [0, 0.05) is 33.3 Å². The second-order valence-electron chi connectivity index (χ2n) is 14.6. The van der Waals surface area contributed by atoms with Gasteiger partial charge in [0.1, 0.15) is 22.6 Å². The zero-order chi connectivity index (χ0) is 36.2. The van der Waals surface area contributed by atoms with Crippen LogP contribution in [0.1, 0.15) is 64.1 Å². The van der Waals surface area contributed by atoms with Crippen LogP contribution in [0.4, 0.5) is 5.69 Å². The van der Waals surface area contributed by atoms with E-state index in [1.54, 1.807) is 6.07 Å². The number of nitrogens with zero attached hydrogens (tertiary/aromatic N) is 1.